The van der Waals surface area contributed by atoms with Gasteiger partial charge in [-0.1, -0.05) is 50.1 Å². The van der Waals surface area contributed by atoms with E-state index in [2.05, 4.69) is 17.6 Å². The SMILES string of the molecule is CC1CCCCC1NC(=O)C1C2C(=O)N(c3ccccc3)C(C(=O)NC(C)(C)C)C23C=CC1(C)O3. The second-order valence-corrected chi connectivity index (χ2v) is 12.0. The molecule has 3 aliphatic heterocycles. The van der Waals surface area contributed by atoms with Crippen LogP contribution in [-0.2, 0) is 19.1 Å². The first-order valence-corrected chi connectivity index (χ1v) is 12.9. The quantitative estimate of drug-likeness (QED) is 0.649. The smallest absolute Gasteiger partial charge is 0.246 e. The van der Waals surface area contributed by atoms with Crippen molar-refractivity contribution < 1.29 is 19.1 Å². The number of hydrogen-bond acceptors (Lipinski definition) is 4. The molecule has 1 spiro atoms. The second kappa shape index (κ2) is 8.19. The fourth-order valence-electron chi connectivity index (χ4n) is 6.64. The van der Waals surface area contributed by atoms with Crippen molar-refractivity contribution in [1.29, 1.82) is 0 Å². The van der Waals surface area contributed by atoms with E-state index < -0.39 is 34.6 Å². The lowest BCUT2D eigenvalue weighted by molar-refractivity contribution is -0.135. The van der Waals surface area contributed by atoms with Gasteiger partial charge in [0.05, 0.1) is 17.4 Å². The van der Waals surface area contributed by atoms with Crippen LogP contribution < -0.4 is 15.5 Å². The number of fused-ring (bicyclic) bond motifs is 1. The van der Waals surface area contributed by atoms with Gasteiger partial charge in [0.1, 0.15) is 11.6 Å². The van der Waals surface area contributed by atoms with E-state index in [0.717, 1.165) is 19.3 Å². The molecule has 3 fully saturated rings. The van der Waals surface area contributed by atoms with Gasteiger partial charge in [0.25, 0.3) is 0 Å². The first-order chi connectivity index (χ1) is 16.5. The van der Waals surface area contributed by atoms with E-state index in [1.54, 1.807) is 4.90 Å². The van der Waals surface area contributed by atoms with Crippen LogP contribution in [0.15, 0.2) is 42.5 Å². The van der Waals surface area contributed by atoms with Gasteiger partial charge in [0, 0.05) is 17.3 Å². The van der Waals surface area contributed by atoms with Gasteiger partial charge in [0.15, 0.2) is 0 Å². The summed E-state index contributed by atoms with van der Waals surface area (Å²) in [7, 11) is 0. The van der Waals surface area contributed by atoms with E-state index >= 15 is 0 Å². The summed E-state index contributed by atoms with van der Waals surface area (Å²) in [5.41, 5.74) is -2.00. The Morgan fingerprint density at radius 1 is 1.06 bits per heavy atom. The molecule has 188 valence electrons. The molecule has 3 amide bonds. The minimum atomic E-state index is -1.20. The van der Waals surface area contributed by atoms with Crippen LogP contribution in [0, 0.1) is 17.8 Å². The lowest BCUT2D eigenvalue weighted by Gasteiger charge is -2.35. The zero-order valence-corrected chi connectivity index (χ0v) is 21.3. The molecule has 3 heterocycles. The van der Waals surface area contributed by atoms with Crippen LogP contribution in [0.3, 0.4) is 0 Å². The number of ether oxygens (including phenoxy) is 1. The summed E-state index contributed by atoms with van der Waals surface area (Å²) in [5, 5.41) is 6.32. The molecule has 1 aromatic carbocycles. The molecule has 7 atom stereocenters. The molecular formula is C28H37N3O4. The Balaban J connectivity index is 1.54. The van der Waals surface area contributed by atoms with E-state index in [0.29, 0.717) is 11.6 Å². The molecule has 7 unspecified atom stereocenters. The summed E-state index contributed by atoms with van der Waals surface area (Å²) in [6.45, 7) is 9.78. The highest BCUT2D eigenvalue weighted by Crippen LogP contribution is 2.60. The molecule has 2 saturated heterocycles. The van der Waals surface area contributed by atoms with E-state index in [1.807, 2.05) is 70.2 Å². The fraction of sp³-hybridized carbons (Fsp3) is 0.607. The Labute approximate surface area is 207 Å². The number of rotatable bonds is 4. The van der Waals surface area contributed by atoms with Crippen molar-refractivity contribution >= 4 is 23.4 Å². The van der Waals surface area contributed by atoms with Crippen molar-refractivity contribution in [3.63, 3.8) is 0 Å². The number of nitrogens with one attached hydrogen (secondary N) is 2. The van der Waals surface area contributed by atoms with E-state index in [4.69, 9.17) is 4.74 Å². The Morgan fingerprint density at radius 2 is 1.74 bits per heavy atom. The van der Waals surface area contributed by atoms with Gasteiger partial charge < -0.3 is 15.4 Å². The van der Waals surface area contributed by atoms with Crippen molar-refractivity contribution in [1.82, 2.24) is 10.6 Å². The monoisotopic (exact) mass is 479 g/mol. The molecule has 7 heteroatoms. The first-order valence-electron chi connectivity index (χ1n) is 12.9. The summed E-state index contributed by atoms with van der Waals surface area (Å²) < 4.78 is 6.60. The summed E-state index contributed by atoms with van der Waals surface area (Å²) in [4.78, 5) is 43.2. The maximum atomic E-state index is 14.1. The van der Waals surface area contributed by atoms with Crippen molar-refractivity contribution in [2.24, 2.45) is 17.8 Å². The maximum Gasteiger partial charge on any atom is 0.246 e. The third-order valence-electron chi connectivity index (χ3n) is 8.20. The molecule has 5 rings (SSSR count). The van der Waals surface area contributed by atoms with Crippen LogP contribution in [0.1, 0.15) is 60.3 Å². The summed E-state index contributed by atoms with van der Waals surface area (Å²) in [6, 6.07) is 8.39. The van der Waals surface area contributed by atoms with E-state index in [9.17, 15) is 14.4 Å². The van der Waals surface area contributed by atoms with Gasteiger partial charge in [-0.25, -0.2) is 0 Å². The van der Waals surface area contributed by atoms with Crippen LogP contribution in [0.5, 0.6) is 0 Å². The van der Waals surface area contributed by atoms with Crippen LogP contribution in [0.2, 0.25) is 0 Å². The normalized spacial score (nSPS) is 37.9. The largest absolute Gasteiger partial charge is 0.356 e. The third-order valence-corrected chi connectivity index (χ3v) is 8.20. The number of carbonyl (C=O) groups is 3. The molecule has 2 N–H and O–H groups in total. The summed E-state index contributed by atoms with van der Waals surface area (Å²) >= 11 is 0. The number of hydrogen-bond donors (Lipinski definition) is 2. The fourth-order valence-corrected chi connectivity index (χ4v) is 6.64. The van der Waals surface area contributed by atoms with Crippen molar-refractivity contribution in [3.05, 3.63) is 42.5 Å². The Bertz CT molecular complexity index is 1060. The minimum absolute atomic E-state index is 0.0978. The van der Waals surface area contributed by atoms with Gasteiger partial charge in [-0.3, -0.25) is 19.3 Å². The lowest BCUT2D eigenvalue weighted by atomic mass is 9.70. The van der Waals surface area contributed by atoms with Gasteiger partial charge in [-0.2, -0.15) is 0 Å². The molecule has 1 aromatic rings. The molecule has 4 aliphatic rings. The van der Waals surface area contributed by atoms with Gasteiger partial charge in [0.2, 0.25) is 17.7 Å². The standard InChI is InChI=1S/C28H37N3O4/c1-17-11-9-10-14-19(17)29-23(32)20-21-25(34)31(18-12-7-6-8-13-18)22(24(33)30-26(2,3)4)28(21)16-15-27(20,5)35-28/h6-8,12-13,15-17,19-22H,9-11,14H2,1-5H3,(H,29,32)(H,30,33). The highest BCUT2D eigenvalue weighted by atomic mass is 16.5. The van der Waals surface area contributed by atoms with Gasteiger partial charge in [-0.15, -0.1) is 0 Å². The average molecular weight is 480 g/mol. The molecule has 35 heavy (non-hydrogen) atoms. The maximum absolute atomic E-state index is 14.1. The number of amides is 3. The molecule has 2 bridgehead atoms. The third kappa shape index (κ3) is 3.79. The minimum Gasteiger partial charge on any atom is -0.356 e. The van der Waals surface area contributed by atoms with Crippen LogP contribution in [0.4, 0.5) is 5.69 Å². The number of benzene rings is 1. The Morgan fingerprint density at radius 3 is 2.40 bits per heavy atom. The molecule has 7 nitrogen and oxygen atoms in total. The number of para-hydroxylation sites is 1. The average Bonchev–Trinajstić information content (AvgIpc) is 3.35. The van der Waals surface area contributed by atoms with Gasteiger partial charge in [-0.05, 0) is 58.6 Å². The summed E-state index contributed by atoms with van der Waals surface area (Å²) in [5.74, 6) is -1.75. The first kappa shape index (κ1) is 24.0. The predicted molar refractivity (Wildman–Crippen MR) is 134 cm³/mol. The van der Waals surface area contributed by atoms with Crippen molar-refractivity contribution in [2.75, 3.05) is 4.90 Å². The van der Waals surface area contributed by atoms with Crippen molar-refractivity contribution in [2.45, 2.75) is 89.1 Å². The zero-order chi connectivity index (χ0) is 25.2. The van der Waals surface area contributed by atoms with Gasteiger partial charge >= 0.3 is 0 Å². The Kier molecular flexibility index (Phi) is 5.62. The number of carbonyl (C=O) groups excluding carboxylic acids is 3. The van der Waals surface area contributed by atoms with Crippen molar-refractivity contribution in [3.8, 4) is 0 Å². The number of nitrogens with zero attached hydrogens (tertiary/aromatic N) is 1. The molecule has 1 saturated carbocycles. The lowest BCUT2D eigenvalue weighted by Crippen LogP contribution is -2.58. The van der Waals surface area contributed by atoms with E-state index in [1.165, 1.54) is 6.42 Å². The van der Waals surface area contributed by atoms with Crippen LogP contribution in [-0.4, -0.2) is 46.5 Å². The topological polar surface area (TPSA) is 87.7 Å². The second-order valence-electron chi connectivity index (χ2n) is 12.0. The molecule has 1 aliphatic carbocycles. The molecule has 0 radical (unpaired) electrons. The predicted octanol–water partition coefficient (Wildman–Crippen LogP) is 3.34. The van der Waals surface area contributed by atoms with Crippen LogP contribution >= 0.6 is 0 Å². The van der Waals surface area contributed by atoms with Crippen LogP contribution in [0.25, 0.3) is 0 Å². The molecular weight excluding hydrogens is 442 g/mol. The highest BCUT2D eigenvalue weighted by molar-refractivity contribution is 6.10. The number of anilines is 1. The summed E-state index contributed by atoms with van der Waals surface area (Å²) in [6.07, 6.45) is 8.06. The zero-order valence-electron chi connectivity index (χ0n) is 21.3. The van der Waals surface area contributed by atoms with E-state index in [-0.39, 0.29) is 23.8 Å². The highest BCUT2D eigenvalue weighted by Gasteiger charge is 2.76. The Hall–Kier alpha value is -2.67. The molecule has 0 aromatic heterocycles.